The summed E-state index contributed by atoms with van der Waals surface area (Å²) in [5, 5.41) is 3.40. The Kier molecular flexibility index (Phi) is 10.8. The molecule has 4 aromatic rings. The lowest BCUT2D eigenvalue weighted by molar-refractivity contribution is -0.140. The van der Waals surface area contributed by atoms with Gasteiger partial charge in [-0.2, -0.15) is 0 Å². The van der Waals surface area contributed by atoms with E-state index in [0.717, 1.165) is 21.0 Å². The van der Waals surface area contributed by atoms with Crippen molar-refractivity contribution in [2.45, 2.75) is 57.6 Å². The average molecular weight is 632 g/mol. The highest BCUT2D eigenvalue weighted by atomic mass is 35.5. The van der Waals surface area contributed by atoms with Gasteiger partial charge in [0.2, 0.25) is 11.8 Å². The number of nitrogens with one attached hydrogen (secondary N) is 1. The minimum absolute atomic E-state index is 0.00761. The molecule has 0 aliphatic heterocycles. The lowest BCUT2D eigenvalue weighted by Crippen LogP contribution is -2.54. The molecule has 0 saturated heterocycles. The SMILES string of the molecule is Cc1ccc(N(CC(=O)N(Cc2ccccc2Cl)[C@@H](Cc2ccccc2)C(=O)NC(C)C)S(=O)(=O)c2ccccc2)cc1C. The van der Waals surface area contributed by atoms with Crippen LogP contribution in [0.1, 0.15) is 36.1 Å². The predicted octanol–water partition coefficient (Wildman–Crippen LogP) is 6.32. The van der Waals surface area contributed by atoms with E-state index in [0.29, 0.717) is 16.3 Å². The Bertz CT molecular complexity index is 1700. The number of carbonyl (C=O) groups excluding carboxylic acids is 2. The van der Waals surface area contributed by atoms with Gasteiger partial charge in [0.25, 0.3) is 10.0 Å². The summed E-state index contributed by atoms with van der Waals surface area (Å²) in [4.78, 5) is 29.8. The first kappa shape index (κ1) is 32.8. The summed E-state index contributed by atoms with van der Waals surface area (Å²) < 4.78 is 29.3. The van der Waals surface area contributed by atoms with E-state index in [1.165, 1.54) is 17.0 Å². The van der Waals surface area contributed by atoms with Gasteiger partial charge in [0, 0.05) is 24.0 Å². The molecule has 7 nitrogen and oxygen atoms in total. The summed E-state index contributed by atoms with van der Waals surface area (Å²) in [7, 11) is -4.16. The van der Waals surface area contributed by atoms with Crippen LogP contribution in [0.3, 0.4) is 0 Å². The fraction of sp³-hybridized carbons (Fsp3) is 0.257. The van der Waals surface area contributed by atoms with Crippen LogP contribution in [0.25, 0.3) is 0 Å². The summed E-state index contributed by atoms with van der Waals surface area (Å²) in [6.45, 7) is 7.02. The van der Waals surface area contributed by atoms with Crippen molar-refractivity contribution in [2.75, 3.05) is 10.8 Å². The van der Waals surface area contributed by atoms with E-state index in [4.69, 9.17) is 11.6 Å². The van der Waals surface area contributed by atoms with Gasteiger partial charge in [-0.25, -0.2) is 8.42 Å². The molecule has 0 bridgehead atoms. The third kappa shape index (κ3) is 8.07. The molecule has 0 spiro atoms. The van der Waals surface area contributed by atoms with Crippen molar-refractivity contribution < 1.29 is 18.0 Å². The van der Waals surface area contributed by atoms with Crippen LogP contribution in [0.15, 0.2) is 108 Å². The Morgan fingerprint density at radius 3 is 2.05 bits per heavy atom. The van der Waals surface area contributed by atoms with Gasteiger partial charge in [-0.3, -0.25) is 13.9 Å². The molecule has 0 aromatic heterocycles. The van der Waals surface area contributed by atoms with Crippen molar-refractivity contribution in [1.82, 2.24) is 10.2 Å². The second-order valence-corrected chi connectivity index (χ2v) is 13.3. The number of hydrogen-bond acceptors (Lipinski definition) is 4. The maximum absolute atomic E-state index is 14.5. The first-order chi connectivity index (χ1) is 21.0. The molecule has 0 radical (unpaired) electrons. The van der Waals surface area contributed by atoms with Crippen LogP contribution in [0.5, 0.6) is 0 Å². The van der Waals surface area contributed by atoms with E-state index >= 15 is 0 Å². The molecule has 0 aliphatic carbocycles. The van der Waals surface area contributed by atoms with Crippen molar-refractivity contribution in [1.29, 1.82) is 0 Å². The van der Waals surface area contributed by atoms with E-state index in [1.807, 2.05) is 70.2 Å². The highest BCUT2D eigenvalue weighted by molar-refractivity contribution is 7.92. The quantitative estimate of drug-likeness (QED) is 0.198. The molecule has 0 saturated carbocycles. The number of carbonyl (C=O) groups is 2. The number of amides is 2. The van der Waals surface area contributed by atoms with Crippen LogP contribution < -0.4 is 9.62 Å². The standard InChI is InChI=1S/C35H38ClN3O4S/c1-25(2)37-35(41)33(22-28-13-7-5-8-14-28)38(23-29-15-11-12-18-32(29)36)34(40)24-39(30-20-19-26(3)27(4)21-30)44(42,43)31-16-9-6-10-17-31/h5-21,25,33H,22-24H2,1-4H3,(H,37,41)/t33-/m0/s1. The van der Waals surface area contributed by atoms with Gasteiger partial charge < -0.3 is 10.2 Å². The maximum Gasteiger partial charge on any atom is 0.264 e. The predicted molar refractivity (Wildman–Crippen MR) is 176 cm³/mol. The highest BCUT2D eigenvalue weighted by Crippen LogP contribution is 2.27. The smallest absolute Gasteiger partial charge is 0.264 e. The lowest BCUT2D eigenvalue weighted by Gasteiger charge is -2.34. The Labute approximate surface area is 265 Å². The molecule has 1 N–H and O–H groups in total. The molecule has 230 valence electrons. The number of anilines is 1. The topological polar surface area (TPSA) is 86.8 Å². The fourth-order valence-corrected chi connectivity index (χ4v) is 6.50. The molecule has 44 heavy (non-hydrogen) atoms. The van der Waals surface area contributed by atoms with E-state index in [-0.39, 0.29) is 29.8 Å². The first-order valence-corrected chi connectivity index (χ1v) is 16.3. The van der Waals surface area contributed by atoms with Crippen LogP contribution in [0, 0.1) is 13.8 Å². The van der Waals surface area contributed by atoms with Gasteiger partial charge in [0.1, 0.15) is 12.6 Å². The van der Waals surface area contributed by atoms with Crippen LogP contribution >= 0.6 is 11.6 Å². The second kappa shape index (κ2) is 14.6. The van der Waals surface area contributed by atoms with Crippen molar-refractivity contribution in [2.24, 2.45) is 0 Å². The molecule has 9 heteroatoms. The summed E-state index contributed by atoms with van der Waals surface area (Å²) in [6.07, 6.45) is 0.227. The van der Waals surface area contributed by atoms with Crippen molar-refractivity contribution in [3.8, 4) is 0 Å². The molecule has 0 fully saturated rings. The number of halogens is 1. The Morgan fingerprint density at radius 2 is 1.43 bits per heavy atom. The number of aryl methyl sites for hydroxylation is 2. The fourth-order valence-electron chi connectivity index (χ4n) is 4.87. The lowest BCUT2D eigenvalue weighted by atomic mass is 10.0. The summed E-state index contributed by atoms with van der Waals surface area (Å²) in [5.74, 6) is -0.879. The number of benzene rings is 4. The monoisotopic (exact) mass is 631 g/mol. The normalized spacial score (nSPS) is 12.0. The summed E-state index contributed by atoms with van der Waals surface area (Å²) in [5.41, 5.74) is 3.73. The third-order valence-electron chi connectivity index (χ3n) is 7.39. The Balaban J connectivity index is 1.82. The van der Waals surface area contributed by atoms with Gasteiger partial charge in [0.15, 0.2) is 0 Å². The number of nitrogens with zero attached hydrogens (tertiary/aromatic N) is 2. The molecule has 4 rings (SSSR count). The molecular formula is C35H38ClN3O4S. The zero-order valence-electron chi connectivity index (χ0n) is 25.4. The van der Waals surface area contributed by atoms with E-state index in [1.54, 1.807) is 48.5 Å². The average Bonchev–Trinajstić information content (AvgIpc) is 3.00. The van der Waals surface area contributed by atoms with Crippen molar-refractivity contribution in [3.63, 3.8) is 0 Å². The molecular weight excluding hydrogens is 594 g/mol. The first-order valence-electron chi connectivity index (χ1n) is 14.5. The van der Waals surface area contributed by atoms with E-state index in [9.17, 15) is 18.0 Å². The molecule has 1 atom stereocenters. The van der Waals surface area contributed by atoms with Gasteiger partial charge in [0.05, 0.1) is 10.6 Å². The molecule has 0 unspecified atom stereocenters. The minimum Gasteiger partial charge on any atom is -0.352 e. The van der Waals surface area contributed by atoms with Crippen LogP contribution in [-0.2, 0) is 32.6 Å². The van der Waals surface area contributed by atoms with E-state index < -0.39 is 28.5 Å². The van der Waals surface area contributed by atoms with Gasteiger partial charge in [-0.15, -0.1) is 0 Å². The molecule has 4 aromatic carbocycles. The van der Waals surface area contributed by atoms with Gasteiger partial charge >= 0.3 is 0 Å². The molecule has 2 amide bonds. The minimum atomic E-state index is -4.16. The van der Waals surface area contributed by atoms with Crippen LogP contribution in [-0.4, -0.2) is 43.8 Å². The highest BCUT2D eigenvalue weighted by Gasteiger charge is 2.35. The zero-order valence-corrected chi connectivity index (χ0v) is 27.0. The largest absolute Gasteiger partial charge is 0.352 e. The van der Waals surface area contributed by atoms with Crippen molar-refractivity contribution in [3.05, 3.63) is 130 Å². The maximum atomic E-state index is 14.5. The van der Waals surface area contributed by atoms with E-state index in [2.05, 4.69) is 5.32 Å². The summed E-state index contributed by atoms with van der Waals surface area (Å²) >= 11 is 6.54. The van der Waals surface area contributed by atoms with Crippen LogP contribution in [0.4, 0.5) is 5.69 Å². The number of sulfonamides is 1. The van der Waals surface area contributed by atoms with Crippen molar-refractivity contribution >= 4 is 39.1 Å². The van der Waals surface area contributed by atoms with Crippen LogP contribution in [0.2, 0.25) is 5.02 Å². The summed E-state index contributed by atoms with van der Waals surface area (Å²) in [6, 6.07) is 28.7. The Hall–Kier alpha value is -4.14. The molecule has 0 aliphatic rings. The molecule has 0 heterocycles. The third-order valence-corrected chi connectivity index (χ3v) is 9.55. The van der Waals surface area contributed by atoms with Gasteiger partial charge in [-0.1, -0.05) is 84.4 Å². The number of hydrogen-bond donors (Lipinski definition) is 1. The zero-order chi connectivity index (χ0) is 31.9. The number of rotatable bonds is 12. The van der Waals surface area contributed by atoms with Gasteiger partial charge in [-0.05, 0) is 80.3 Å². The Morgan fingerprint density at radius 1 is 0.818 bits per heavy atom. The second-order valence-electron chi connectivity index (χ2n) is 11.1.